The van der Waals surface area contributed by atoms with Gasteiger partial charge in [0.2, 0.25) is 0 Å². The van der Waals surface area contributed by atoms with E-state index in [4.69, 9.17) is 24.2 Å². The Morgan fingerprint density at radius 3 is 2.48 bits per heavy atom. The van der Waals surface area contributed by atoms with Gasteiger partial charge in [-0.3, -0.25) is 9.88 Å². The largest absolute Gasteiger partial charge is 0.482 e. The molecule has 0 bridgehead atoms. The molecule has 0 radical (unpaired) electrons. The zero-order chi connectivity index (χ0) is 29.0. The first kappa shape index (κ1) is 27.7. The summed E-state index contributed by atoms with van der Waals surface area (Å²) in [5.74, 6) is 2.63. The van der Waals surface area contributed by atoms with E-state index in [1.54, 1.807) is 0 Å². The van der Waals surface area contributed by atoms with Crippen LogP contribution in [-0.2, 0) is 9.47 Å². The van der Waals surface area contributed by atoms with Crippen molar-refractivity contribution in [3.8, 4) is 5.75 Å². The van der Waals surface area contributed by atoms with Crippen molar-refractivity contribution in [1.29, 1.82) is 0 Å². The minimum absolute atomic E-state index is 0.142. The quantitative estimate of drug-likeness (QED) is 0.528. The number of hydrogen-bond acceptors (Lipinski definition) is 9. The van der Waals surface area contributed by atoms with Crippen molar-refractivity contribution >= 4 is 23.3 Å². The summed E-state index contributed by atoms with van der Waals surface area (Å²) in [6, 6.07) is 4.81. The van der Waals surface area contributed by atoms with Gasteiger partial charge < -0.3 is 29.3 Å². The van der Waals surface area contributed by atoms with Gasteiger partial charge in [-0.25, -0.2) is 9.78 Å². The molecule has 5 aliphatic rings. The zero-order valence-electron chi connectivity index (χ0n) is 25.4. The molecule has 1 amide bonds. The fourth-order valence-corrected chi connectivity index (χ4v) is 6.78. The summed E-state index contributed by atoms with van der Waals surface area (Å²) in [5.41, 5.74) is 5.06. The Bertz CT molecular complexity index is 1320. The van der Waals surface area contributed by atoms with Crippen molar-refractivity contribution < 1.29 is 19.0 Å². The van der Waals surface area contributed by atoms with E-state index >= 15 is 0 Å². The van der Waals surface area contributed by atoms with Crippen molar-refractivity contribution in [2.24, 2.45) is 0 Å². The molecule has 4 fully saturated rings. The second kappa shape index (κ2) is 10.9. The van der Waals surface area contributed by atoms with Crippen molar-refractivity contribution in [2.75, 3.05) is 62.7 Å². The summed E-state index contributed by atoms with van der Waals surface area (Å²) in [4.78, 5) is 29.3. The highest BCUT2D eigenvalue weighted by molar-refractivity contribution is 5.75. The van der Waals surface area contributed by atoms with E-state index in [1.807, 2.05) is 31.9 Å². The maximum absolute atomic E-state index is 12.5. The van der Waals surface area contributed by atoms with Crippen LogP contribution < -0.4 is 15.0 Å². The van der Waals surface area contributed by atoms with Crippen LogP contribution in [0.2, 0.25) is 0 Å². The Hall–Kier alpha value is -3.11. The number of ether oxygens (including phenoxy) is 3. The molecule has 1 saturated carbocycles. The minimum atomic E-state index is -0.458. The average molecular weight is 577 g/mol. The second-order valence-electron chi connectivity index (χ2n) is 13.5. The third-order valence-corrected chi connectivity index (χ3v) is 9.22. The van der Waals surface area contributed by atoms with Gasteiger partial charge in [-0.2, -0.15) is 0 Å². The third kappa shape index (κ3) is 5.51. The van der Waals surface area contributed by atoms with Gasteiger partial charge in [0.25, 0.3) is 0 Å². The number of aromatic nitrogens is 2. The summed E-state index contributed by atoms with van der Waals surface area (Å²) >= 11 is 0. The number of piperidine rings is 1. The number of carbonyl (C=O) groups is 1. The van der Waals surface area contributed by atoms with Gasteiger partial charge in [0.1, 0.15) is 17.5 Å². The molecule has 3 saturated heterocycles. The molecule has 1 N–H and O–H groups in total. The molecule has 7 rings (SSSR count). The van der Waals surface area contributed by atoms with Crippen LogP contribution in [0.5, 0.6) is 5.75 Å². The molecular formula is C32H44N6O4. The number of nitrogens with one attached hydrogen (secondary N) is 1. The monoisotopic (exact) mass is 576 g/mol. The molecular weight excluding hydrogens is 532 g/mol. The van der Waals surface area contributed by atoms with Crippen molar-refractivity contribution in [2.45, 2.75) is 83.0 Å². The fourth-order valence-electron chi connectivity index (χ4n) is 6.78. The summed E-state index contributed by atoms with van der Waals surface area (Å²) in [6.45, 7) is 14.6. The maximum Gasteiger partial charge on any atom is 0.410 e. The van der Waals surface area contributed by atoms with E-state index in [0.29, 0.717) is 17.9 Å². The van der Waals surface area contributed by atoms with E-state index in [2.05, 4.69) is 34.2 Å². The van der Waals surface area contributed by atoms with Crippen LogP contribution in [0.4, 0.5) is 22.0 Å². The molecule has 1 aliphatic carbocycles. The van der Waals surface area contributed by atoms with E-state index in [0.717, 1.165) is 112 Å². The highest BCUT2D eigenvalue weighted by atomic mass is 16.6. The van der Waals surface area contributed by atoms with Gasteiger partial charge in [-0.05, 0) is 65.5 Å². The highest BCUT2D eigenvalue weighted by Gasteiger charge is 2.40. The molecule has 2 aromatic heterocycles. The summed E-state index contributed by atoms with van der Waals surface area (Å²) in [5, 5.41) is 3.69. The molecule has 0 aromatic carbocycles. The molecule has 0 spiro atoms. The molecule has 6 heterocycles. The van der Waals surface area contributed by atoms with Crippen molar-refractivity contribution in [3.05, 3.63) is 35.3 Å². The van der Waals surface area contributed by atoms with E-state index in [9.17, 15) is 4.79 Å². The maximum atomic E-state index is 12.5. The Morgan fingerprint density at radius 2 is 1.79 bits per heavy atom. The Morgan fingerprint density at radius 1 is 1.05 bits per heavy atom. The van der Waals surface area contributed by atoms with Crippen LogP contribution in [-0.4, -0.2) is 90.0 Å². The highest BCUT2D eigenvalue weighted by Crippen LogP contribution is 2.51. The number of amides is 1. The Balaban J connectivity index is 1.06. The minimum Gasteiger partial charge on any atom is -0.482 e. The van der Waals surface area contributed by atoms with Crippen LogP contribution in [0, 0.1) is 0 Å². The first-order chi connectivity index (χ1) is 20.2. The number of hydrogen-bond donors (Lipinski definition) is 1. The number of rotatable bonds is 4. The lowest BCUT2D eigenvalue weighted by Gasteiger charge is -2.47. The van der Waals surface area contributed by atoms with Gasteiger partial charge in [0.15, 0.2) is 5.75 Å². The second-order valence-corrected chi connectivity index (χ2v) is 13.5. The van der Waals surface area contributed by atoms with Gasteiger partial charge in [-0.15, -0.1) is 0 Å². The SMILES string of the molecule is CC1Oc2c(cc(C3CN(C4CCN(C(=O)OC(C)(C)C)CC4)C3)nc2C2CC2)Nc2nccc(N3CCOCC3)c21. The molecule has 10 heteroatoms. The van der Waals surface area contributed by atoms with E-state index in [-0.39, 0.29) is 12.2 Å². The first-order valence-corrected chi connectivity index (χ1v) is 15.8. The van der Waals surface area contributed by atoms with E-state index in [1.165, 1.54) is 5.69 Å². The van der Waals surface area contributed by atoms with Gasteiger partial charge >= 0.3 is 6.09 Å². The number of likely N-dealkylation sites (tertiary alicyclic amines) is 2. The molecule has 226 valence electrons. The average Bonchev–Trinajstić information content (AvgIpc) is 3.79. The molecule has 1 unspecified atom stereocenters. The van der Waals surface area contributed by atoms with Gasteiger partial charge in [0.05, 0.1) is 30.2 Å². The Kier molecular flexibility index (Phi) is 7.17. The lowest BCUT2D eigenvalue weighted by Crippen LogP contribution is -2.55. The van der Waals surface area contributed by atoms with Gasteiger partial charge in [-0.1, -0.05) is 0 Å². The Labute approximate surface area is 248 Å². The van der Waals surface area contributed by atoms with E-state index < -0.39 is 5.60 Å². The predicted molar refractivity (Wildman–Crippen MR) is 161 cm³/mol. The van der Waals surface area contributed by atoms with Crippen molar-refractivity contribution in [1.82, 2.24) is 19.8 Å². The normalized spacial score (nSPS) is 23.7. The van der Waals surface area contributed by atoms with Crippen LogP contribution in [0.25, 0.3) is 0 Å². The van der Waals surface area contributed by atoms with Crippen LogP contribution >= 0.6 is 0 Å². The summed E-state index contributed by atoms with van der Waals surface area (Å²) < 4.78 is 17.9. The fraction of sp³-hybridized carbons (Fsp3) is 0.656. The smallest absolute Gasteiger partial charge is 0.410 e. The number of carbonyl (C=O) groups excluding carboxylic acids is 1. The zero-order valence-corrected chi connectivity index (χ0v) is 25.4. The molecule has 2 aromatic rings. The number of nitrogens with zero attached hydrogens (tertiary/aromatic N) is 5. The van der Waals surface area contributed by atoms with Crippen molar-refractivity contribution in [3.63, 3.8) is 0 Å². The molecule has 10 nitrogen and oxygen atoms in total. The number of fused-ring (bicyclic) bond motifs is 2. The molecule has 4 aliphatic heterocycles. The van der Waals surface area contributed by atoms with Crippen LogP contribution in [0.15, 0.2) is 18.3 Å². The number of pyridine rings is 2. The molecule has 42 heavy (non-hydrogen) atoms. The molecule has 1 atom stereocenters. The van der Waals surface area contributed by atoms with Crippen LogP contribution in [0.3, 0.4) is 0 Å². The standard InChI is InChI=1S/C32H44N6O4/c1-20-27-26(36-13-15-40-16-14-36)7-10-33-30(27)35-25-17-24(34-28(21-5-6-21)29(25)41-20)22-18-38(19-22)23-8-11-37(12-9-23)31(39)42-32(2,3)4/h7,10,17,20-23H,5-6,8-9,11-16,18-19H2,1-4H3,(H,33,35). The first-order valence-electron chi connectivity index (χ1n) is 15.8. The lowest BCUT2D eigenvalue weighted by molar-refractivity contribution is 0.00565. The number of anilines is 3. The third-order valence-electron chi connectivity index (χ3n) is 9.22. The topological polar surface area (TPSA) is 92.3 Å². The van der Waals surface area contributed by atoms with Crippen LogP contribution in [0.1, 0.15) is 88.3 Å². The number of morpholine rings is 1. The summed E-state index contributed by atoms with van der Waals surface area (Å²) in [7, 11) is 0. The predicted octanol–water partition coefficient (Wildman–Crippen LogP) is 5.19. The lowest BCUT2D eigenvalue weighted by atomic mass is 9.90. The van der Waals surface area contributed by atoms with Gasteiger partial charge in [0, 0.05) is 74.7 Å². The summed E-state index contributed by atoms with van der Waals surface area (Å²) in [6.07, 6.45) is 5.86.